The van der Waals surface area contributed by atoms with Crippen LogP contribution in [0.3, 0.4) is 0 Å². The number of carbonyl (C=O) groups excluding carboxylic acids is 3. The van der Waals surface area contributed by atoms with Gasteiger partial charge >= 0.3 is 0 Å². The van der Waals surface area contributed by atoms with Crippen LogP contribution in [-0.2, 0) is 14.4 Å². The molecule has 212 valence electrons. The lowest BCUT2D eigenvalue weighted by Crippen LogP contribution is -2.66. The summed E-state index contributed by atoms with van der Waals surface area (Å²) >= 11 is 0. The lowest BCUT2D eigenvalue weighted by atomic mass is 9.34. The van der Waals surface area contributed by atoms with Crippen molar-refractivity contribution in [1.29, 1.82) is 0 Å². The largest absolute Gasteiger partial charge is 0.345 e. The van der Waals surface area contributed by atoms with E-state index in [-0.39, 0.29) is 57.2 Å². The molecule has 0 aromatic heterocycles. The van der Waals surface area contributed by atoms with Crippen LogP contribution in [0.15, 0.2) is 23.4 Å². The van der Waals surface area contributed by atoms with E-state index in [9.17, 15) is 14.4 Å². The molecule has 0 saturated heterocycles. The maximum atomic E-state index is 14.6. The highest BCUT2D eigenvalue weighted by atomic mass is 16.2. The highest BCUT2D eigenvalue weighted by Gasteiger charge is 2.70. The van der Waals surface area contributed by atoms with Crippen molar-refractivity contribution in [1.82, 2.24) is 4.90 Å². The first-order chi connectivity index (χ1) is 18.0. The second kappa shape index (κ2) is 8.64. The first-order valence-electron chi connectivity index (χ1n) is 15.1. The molecule has 0 bridgehead atoms. The standard InChI is InChI=1S/C34H48N2O3/c1-20-11-14-34(19-36(10)22(3)37)16-15-33(8)28(27(34)21(20)2)24(38)17-26-31(6)18-23(35-9)29(39)30(4,5)25(31)12-13-32(26,33)7/h17-18,20-21,25,27-28H,11-16,19H2,1-8,10H3/t20-,21+,25+,27+,28-,31+,32-,33-,34-/m1/s1. The van der Waals surface area contributed by atoms with E-state index in [0.717, 1.165) is 50.6 Å². The van der Waals surface area contributed by atoms with Crippen LogP contribution in [0.5, 0.6) is 0 Å². The van der Waals surface area contributed by atoms with E-state index in [1.807, 2.05) is 37.9 Å². The first kappa shape index (κ1) is 28.3. The lowest BCUT2D eigenvalue weighted by Gasteiger charge is -2.70. The Hall–Kier alpha value is -2.22. The molecule has 5 rings (SSSR count). The van der Waals surface area contributed by atoms with E-state index in [2.05, 4.69) is 39.5 Å². The highest BCUT2D eigenvalue weighted by molar-refractivity contribution is 6.03. The topological polar surface area (TPSA) is 58.8 Å². The second-order valence-electron chi connectivity index (χ2n) is 15.4. The van der Waals surface area contributed by atoms with Gasteiger partial charge in [0.1, 0.15) is 0 Å². The fourth-order valence-corrected chi connectivity index (χ4v) is 10.8. The van der Waals surface area contributed by atoms with Crippen molar-refractivity contribution in [2.45, 2.75) is 93.9 Å². The summed E-state index contributed by atoms with van der Waals surface area (Å²) in [5, 5.41) is 0. The molecule has 5 aliphatic carbocycles. The molecule has 0 aromatic rings. The van der Waals surface area contributed by atoms with Gasteiger partial charge in [-0.1, -0.05) is 60.1 Å². The third kappa shape index (κ3) is 3.51. The van der Waals surface area contributed by atoms with E-state index in [4.69, 9.17) is 6.57 Å². The third-order valence-corrected chi connectivity index (χ3v) is 13.5. The van der Waals surface area contributed by atoms with Crippen molar-refractivity contribution < 1.29 is 14.4 Å². The molecule has 0 spiro atoms. The van der Waals surface area contributed by atoms with Crippen molar-refractivity contribution in [3.63, 3.8) is 0 Å². The van der Waals surface area contributed by atoms with Gasteiger partial charge in [-0.2, -0.15) is 0 Å². The van der Waals surface area contributed by atoms with Gasteiger partial charge in [-0.05, 0) is 84.5 Å². The summed E-state index contributed by atoms with van der Waals surface area (Å²) in [5.74, 6) is 1.43. The van der Waals surface area contributed by atoms with E-state index in [0.29, 0.717) is 11.8 Å². The third-order valence-electron chi connectivity index (χ3n) is 13.5. The van der Waals surface area contributed by atoms with Gasteiger partial charge in [-0.15, -0.1) is 0 Å². The number of fused-ring (bicyclic) bond motifs is 7. The van der Waals surface area contributed by atoms with E-state index in [1.165, 1.54) is 0 Å². The Labute approximate surface area is 235 Å². The number of Topliss-reactive ketones (excluding diaryl/α,β-unsaturated/α-hetero) is 1. The fourth-order valence-electron chi connectivity index (χ4n) is 10.8. The van der Waals surface area contributed by atoms with Crippen LogP contribution in [0, 0.1) is 63.2 Å². The zero-order valence-electron chi connectivity index (χ0n) is 25.6. The monoisotopic (exact) mass is 532 g/mol. The summed E-state index contributed by atoms with van der Waals surface area (Å²) in [6, 6.07) is 0. The van der Waals surface area contributed by atoms with E-state index < -0.39 is 10.8 Å². The average molecular weight is 533 g/mol. The average Bonchev–Trinajstić information content (AvgIpc) is 2.86. The summed E-state index contributed by atoms with van der Waals surface area (Å²) in [6.45, 7) is 25.8. The summed E-state index contributed by atoms with van der Waals surface area (Å²) in [7, 11) is 1.92. The highest BCUT2D eigenvalue weighted by Crippen LogP contribution is 2.74. The number of allylic oxidation sites excluding steroid dienone is 4. The molecule has 5 heteroatoms. The van der Waals surface area contributed by atoms with Gasteiger partial charge in [0, 0.05) is 37.3 Å². The van der Waals surface area contributed by atoms with Crippen molar-refractivity contribution in [3.05, 3.63) is 34.8 Å². The SMILES string of the molecule is [C-]#[N+]C1=C[C@]2(C)C3=CC(=O)[C@@H]4[C@@H]5[C@@H](C)[C@H](C)CC[C@]5(CN(C)C(C)=O)CC[C@@]4(C)[C@]3(C)CC[C@H]2C(C)(C)C1=O. The Bertz CT molecular complexity index is 1240. The van der Waals surface area contributed by atoms with Gasteiger partial charge < -0.3 is 9.69 Å². The molecule has 0 heterocycles. The number of hydrogen-bond acceptors (Lipinski definition) is 3. The number of hydrogen-bond donors (Lipinski definition) is 0. The molecular formula is C34H48N2O3. The summed E-state index contributed by atoms with van der Waals surface area (Å²) in [5.41, 5.74) is -0.202. The summed E-state index contributed by atoms with van der Waals surface area (Å²) < 4.78 is 0. The number of ketones is 2. The number of nitrogens with zero attached hydrogens (tertiary/aromatic N) is 2. The van der Waals surface area contributed by atoms with Crippen LogP contribution in [0.1, 0.15) is 93.9 Å². The van der Waals surface area contributed by atoms with Gasteiger partial charge in [0.25, 0.3) is 0 Å². The molecule has 3 fully saturated rings. The smallest absolute Gasteiger partial charge is 0.226 e. The van der Waals surface area contributed by atoms with Crippen molar-refractivity contribution in [2.24, 2.45) is 56.7 Å². The predicted octanol–water partition coefficient (Wildman–Crippen LogP) is 6.89. The minimum absolute atomic E-state index is 0.0363. The second-order valence-corrected chi connectivity index (χ2v) is 15.4. The van der Waals surface area contributed by atoms with Crippen LogP contribution in [0.25, 0.3) is 4.85 Å². The number of carbonyl (C=O) groups is 3. The molecule has 5 aliphatic rings. The fraction of sp³-hybridized carbons (Fsp3) is 0.765. The van der Waals surface area contributed by atoms with Gasteiger partial charge in [-0.3, -0.25) is 9.59 Å². The summed E-state index contributed by atoms with van der Waals surface area (Å²) in [4.78, 5) is 45.8. The first-order valence-corrected chi connectivity index (χ1v) is 15.1. The van der Waals surface area contributed by atoms with Gasteiger partial charge in [0.05, 0.1) is 6.57 Å². The maximum absolute atomic E-state index is 14.6. The molecule has 39 heavy (non-hydrogen) atoms. The minimum Gasteiger partial charge on any atom is -0.345 e. The Morgan fingerprint density at radius 2 is 1.72 bits per heavy atom. The molecule has 0 unspecified atom stereocenters. The van der Waals surface area contributed by atoms with Gasteiger partial charge in [-0.25, -0.2) is 4.85 Å². The van der Waals surface area contributed by atoms with Crippen molar-refractivity contribution in [3.8, 4) is 0 Å². The van der Waals surface area contributed by atoms with Gasteiger partial charge in [0.2, 0.25) is 11.6 Å². The zero-order valence-corrected chi connectivity index (χ0v) is 25.6. The van der Waals surface area contributed by atoms with Crippen molar-refractivity contribution >= 4 is 17.5 Å². The Morgan fingerprint density at radius 1 is 1.05 bits per heavy atom. The maximum Gasteiger partial charge on any atom is 0.226 e. The normalized spacial score (nSPS) is 46.4. The van der Waals surface area contributed by atoms with E-state index >= 15 is 0 Å². The molecule has 5 nitrogen and oxygen atoms in total. The molecule has 9 atom stereocenters. The number of rotatable bonds is 2. The molecule has 0 aliphatic heterocycles. The molecular weight excluding hydrogens is 484 g/mol. The van der Waals surface area contributed by atoms with Crippen LogP contribution < -0.4 is 0 Å². The Kier molecular flexibility index (Phi) is 6.27. The minimum atomic E-state index is -0.640. The molecule has 3 saturated carbocycles. The van der Waals surface area contributed by atoms with Gasteiger partial charge in [0.15, 0.2) is 11.6 Å². The Morgan fingerprint density at radius 3 is 2.33 bits per heavy atom. The zero-order chi connectivity index (χ0) is 28.9. The molecule has 0 aromatic carbocycles. The van der Waals surface area contributed by atoms with E-state index in [1.54, 1.807) is 6.92 Å². The van der Waals surface area contributed by atoms with Crippen LogP contribution in [0.2, 0.25) is 0 Å². The predicted molar refractivity (Wildman–Crippen MR) is 153 cm³/mol. The lowest BCUT2D eigenvalue weighted by molar-refractivity contribution is -0.180. The van der Waals surface area contributed by atoms with Crippen LogP contribution in [0.4, 0.5) is 0 Å². The number of amides is 1. The van der Waals surface area contributed by atoms with Crippen LogP contribution >= 0.6 is 0 Å². The molecule has 0 radical (unpaired) electrons. The van der Waals surface area contributed by atoms with Crippen molar-refractivity contribution in [2.75, 3.05) is 13.6 Å². The van der Waals surface area contributed by atoms with Crippen LogP contribution in [-0.4, -0.2) is 36.0 Å². The summed E-state index contributed by atoms with van der Waals surface area (Å²) in [6.07, 6.45) is 9.99. The Balaban J connectivity index is 1.68. The molecule has 0 N–H and O–H groups in total. The molecule has 1 amide bonds. The quantitative estimate of drug-likeness (QED) is 0.364.